The van der Waals surface area contributed by atoms with E-state index in [2.05, 4.69) is 20.2 Å². The number of piperidine rings is 1. The van der Waals surface area contributed by atoms with Crippen molar-refractivity contribution in [3.05, 3.63) is 46.7 Å². The molecule has 0 radical (unpaired) electrons. The summed E-state index contributed by atoms with van der Waals surface area (Å²) in [7, 11) is 0. The number of rotatable bonds is 4. The smallest absolute Gasteiger partial charge is 0.134 e. The van der Waals surface area contributed by atoms with Crippen molar-refractivity contribution >= 4 is 23.2 Å². The summed E-state index contributed by atoms with van der Waals surface area (Å²) in [5.74, 6) is 2.67. The molecule has 5 heteroatoms. The molecule has 2 aromatic rings. The quantitative estimate of drug-likeness (QED) is 0.924. The lowest BCUT2D eigenvalue weighted by atomic mass is 10.1. The van der Waals surface area contributed by atoms with Gasteiger partial charge in [0.05, 0.1) is 0 Å². The first-order valence-electron chi connectivity index (χ1n) is 7.80. The highest BCUT2D eigenvalue weighted by Gasteiger charge is 2.13. The molecule has 0 amide bonds. The average Bonchev–Trinajstić information content (AvgIpc) is 2.54. The Morgan fingerprint density at radius 3 is 2.68 bits per heavy atom. The topological polar surface area (TPSA) is 41.1 Å². The normalized spacial score (nSPS) is 14.9. The SMILES string of the molecule is Cc1nc(NCc2ccccc2Cl)cc(N2CCCCC2)n1. The molecule has 1 aromatic carbocycles. The van der Waals surface area contributed by atoms with Crippen LogP contribution in [-0.2, 0) is 6.54 Å². The lowest BCUT2D eigenvalue weighted by Gasteiger charge is -2.28. The maximum Gasteiger partial charge on any atom is 0.134 e. The van der Waals surface area contributed by atoms with Crippen LogP contribution in [0.2, 0.25) is 5.02 Å². The molecule has 1 N–H and O–H groups in total. The standard InChI is InChI=1S/C17H21ClN4/c1-13-20-16(19-12-14-7-3-4-8-15(14)18)11-17(21-13)22-9-5-2-6-10-22/h3-4,7-8,11H,2,5-6,9-10,12H2,1H3,(H,19,20,21). The van der Waals surface area contributed by atoms with E-state index in [0.29, 0.717) is 6.54 Å². The Hall–Kier alpha value is -1.81. The van der Waals surface area contributed by atoms with Crippen LogP contribution in [0.25, 0.3) is 0 Å². The average molecular weight is 317 g/mol. The van der Waals surface area contributed by atoms with Gasteiger partial charge in [-0.2, -0.15) is 0 Å². The predicted molar refractivity (Wildman–Crippen MR) is 91.6 cm³/mol. The van der Waals surface area contributed by atoms with Crippen LogP contribution in [0.15, 0.2) is 30.3 Å². The van der Waals surface area contributed by atoms with Gasteiger partial charge in [-0.3, -0.25) is 0 Å². The second-order valence-electron chi connectivity index (χ2n) is 5.65. The molecular weight excluding hydrogens is 296 g/mol. The summed E-state index contributed by atoms with van der Waals surface area (Å²) < 4.78 is 0. The van der Waals surface area contributed by atoms with Crippen LogP contribution < -0.4 is 10.2 Å². The van der Waals surface area contributed by atoms with E-state index < -0.39 is 0 Å². The van der Waals surface area contributed by atoms with Crippen molar-refractivity contribution in [2.45, 2.75) is 32.7 Å². The molecule has 1 aliphatic heterocycles. The Kier molecular flexibility index (Phi) is 4.78. The van der Waals surface area contributed by atoms with E-state index >= 15 is 0 Å². The fraction of sp³-hybridized carbons (Fsp3) is 0.412. The van der Waals surface area contributed by atoms with Gasteiger partial charge in [-0.05, 0) is 37.8 Å². The largest absolute Gasteiger partial charge is 0.366 e. The summed E-state index contributed by atoms with van der Waals surface area (Å²) in [5, 5.41) is 4.13. The molecule has 1 aliphatic rings. The fourth-order valence-corrected chi connectivity index (χ4v) is 2.96. The molecule has 116 valence electrons. The molecule has 0 spiro atoms. The van der Waals surface area contributed by atoms with Crippen LogP contribution in [0, 0.1) is 6.92 Å². The van der Waals surface area contributed by atoms with E-state index in [4.69, 9.17) is 11.6 Å². The van der Waals surface area contributed by atoms with Crippen molar-refractivity contribution in [3.8, 4) is 0 Å². The molecule has 1 saturated heterocycles. The second-order valence-corrected chi connectivity index (χ2v) is 6.06. The van der Waals surface area contributed by atoms with Crippen molar-refractivity contribution in [3.63, 3.8) is 0 Å². The lowest BCUT2D eigenvalue weighted by Crippen LogP contribution is -2.30. The van der Waals surface area contributed by atoms with E-state index in [1.54, 1.807) is 0 Å². The number of benzene rings is 1. The van der Waals surface area contributed by atoms with E-state index in [9.17, 15) is 0 Å². The van der Waals surface area contributed by atoms with Gasteiger partial charge in [0.15, 0.2) is 0 Å². The molecule has 2 heterocycles. The van der Waals surface area contributed by atoms with E-state index in [-0.39, 0.29) is 0 Å². The van der Waals surface area contributed by atoms with Crippen molar-refractivity contribution in [1.29, 1.82) is 0 Å². The van der Waals surface area contributed by atoms with Gasteiger partial charge in [-0.25, -0.2) is 9.97 Å². The zero-order valence-corrected chi connectivity index (χ0v) is 13.6. The number of aryl methyl sites for hydroxylation is 1. The molecule has 1 aromatic heterocycles. The van der Waals surface area contributed by atoms with Crippen molar-refractivity contribution in [2.75, 3.05) is 23.3 Å². The van der Waals surface area contributed by atoms with Gasteiger partial charge in [-0.1, -0.05) is 29.8 Å². The Balaban J connectivity index is 1.73. The molecule has 1 fully saturated rings. The molecule has 0 aliphatic carbocycles. The number of nitrogens with one attached hydrogen (secondary N) is 1. The Morgan fingerprint density at radius 2 is 1.91 bits per heavy atom. The van der Waals surface area contributed by atoms with Crippen LogP contribution >= 0.6 is 11.6 Å². The van der Waals surface area contributed by atoms with Gasteiger partial charge in [0.2, 0.25) is 0 Å². The van der Waals surface area contributed by atoms with Crippen LogP contribution in [0.5, 0.6) is 0 Å². The zero-order valence-electron chi connectivity index (χ0n) is 12.8. The van der Waals surface area contributed by atoms with E-state index in [1.807, 2.05) is 37.3 Å². The highest BCUT2D eigenvalue weighted by Crippen LogP contribution is 2.21. The third-order valence-electron chi connectivity index (χ3n) is 3.92. The summed E-state index contributed by atoms with van der Waals surface area (Å²) in [6.45, 7) is 4.77. The van der Waals surface area contributed by atoms with E-state index in [0.717, 1.165) is 41.1 Å². The Bertz CT molecular complexity index is 638. The molecular formula is C17H21ClN4. The zero-order chi connectivity index (χ0) is 15.4. The summed E-state index contributed by atoms with van der Waals surface area (Å²) in [5.41, 5.74) is 1.07. The van der Waals surface area contributed by atoms with Crippen molar-refractivity contribution in [1.82, 2.24) is 9.97 Å². The summed E-state index contributed by atoms with van der Waals surface area (Å²) >= 11 is 6.19. The van der Waals surface area contributed by atoms with Crippen LogP contribution in [-0.4, -0.2) is 23.1 Å². The van der Waals surface area contributed by atoms with Gasteiger partial charge in [0.25, 0.3) is 0 Å². The number of halogens is 1. The highest BCUT2D eigenvalue weighted by molar-refractivity contribution is 6.31. The molecule has 0 unspecified atom stereocenters. The predicted octanol–water partition coefficient (Wildman–Crippen LogP) is 4.04. The number of anilines is 2. The maximum atomic E-state index is 6.19. The third kappa shape index (κ3) is 3.69. The first-order chi connectivity index (χ1) is 10.7. The summed E-state index contributed by atoms with van der Waals surface area (Å²) in [6, 6.07) is 9.90. The van der Waals surface area contributed by atoms with Gasteiger partial charge < -0.3 is 10.2 Å². The minimum absolute atomic E-state index is 0.662. The van der Waals surface area contributed by atoms with Crippen LogP contribution in [0.3, 0.4) is 0 Å². The highest BCUT2D eigenvalue weighted by atomic mass is 35.5. The van der Waals surface area contributed by atoms with E-state index in [1.165, 1.54) is 19.3 Å². The molecule has 0 saturated carbocycles. The first-order valence-corrected chi connectivity index (χ1v) is 8.18. The number of hydrogen-bond acceptors (Lipinski definition) is 4. The van der Waals surface area contributed by atoms with Crippen molar-refractivity contribution in [2.24, 2.45) is 0 Å². The molecule has 0 atom stereocenters. The van der Waals surface area contributed by atoms with Crippen LogP contribution in [0.4, 0.5) is 11.6 Å². The third-order valence-corrected chi connectivity index (χ3v) is 4.29. The lowest BCUT2D eigenvalue weighted by molar-refractivity contribution is 0.572. The van der Waals surface area contributed by atoms with Gasteiger partial charge in [0.1, 0.15) is 17.5 Å². The fourth-order valence-electron chi connectivity index (χ4n) is 2.76. The van der Waals surface area contributed by atoms with Gasteiger partial charge in [0, 0.05) is 30.7 Å². The Morgan fingerprint density at radius 1 is 1.14 bits per heavy atom. The van der Waals surface area contributed by atoms with Gasteiger partial charge >= 0.3 is 0 Å². The monoisotopic (exact) mass is 316 g/mol. The van der Waals surface area contributed by atoms with Crippen molar-refractivity contribution < 1.29 is 0 Å². The van der Waals surface area contributed by atoms with Gasteiger partial charge in [-0.15, -0.1) is 0 Å². The minimum Gasteiger partial charge on any atom is -0.366 e. The first kappa shape index (κ1) is 15.1. The summed E-state index contributed by atoms with van der Waals surface area (Å²) in [6.07, 6.45) is 3.80. The molecule has 22 heavy (non-hydrogen) atoms. The number of aromatic nitrogens is 2. The molecule has 3 rings (SSSR count). The molecule has 0 bridgehead atoms. The summed E-state index contributed by atoms with van der Waals surface area (Å²) in [4.78, 5) is 11.4. The number of hydrogen-bond donors (Lipinski definition) is 1. The molecule has 4 nitrogen and oxygen atoms in total. The number of nitrogens with zero attached hydrogens (tertiary/aromatic N) is 3. The Labute approximate surface area is 136 Å². The van der Waals surface area contributed by atoms with Crippen LogP contribution in [0.1, 0.15) is 30.7 Å². The minimum atomic E-state index is 0.662. The second kappa shape index (κ2) is 6.97. The maximum absolute atomic E-state index is 6.19.